The molecule has 0 bridgehead atoms. The zero-order valence-corrected chi connectivity index (χ0v) is 22.4. The van der Waals surface area contributed by atoms with Crippen LogP contribution in [0.2, 0.25) is 0 Å². The predicted octanol–water partition coefficient (Wildman–Crippen LogP) is 3.07. The van der Waals surface area contributed by atoms with E-state index < -0.39 is 22.6 Å². The summed E-state index contributed by atoms with van der Waals surface area (Å²) in [7, 11) is 4.80. The molecular formula is C25H26ClN9O5. The van der Waals surface area contributed by atoms with Crippen LogP contribution < -0.4 is 21.7 Å². The molecule has 0 aliphatic heterocycles. The molecule has 208 valence electrons. The van der Waals surface area contributed by atoms with Crippen molar-refractivity contribution < 1.29 is 19.3 Å². The summed E-state index contributed by atoms with van der Waals surface area (Å²) in [6.07, 6.45) is 4.35. The number of hydrogen-bond donors (Lipinski definition) is 5. The molecule has 14 nitrogen and oxygen atoms in total. The Morgan fingerprint density at radius 3 is 1.55 bits per heavy atom. The first-order chi connectivity index (χ1) is 18.4. The SMILES string of the molecule is Cl.Cn1cc(NC(=O)c2cc(NC(=O)c3cc([N+](=O)[O-])cn3C)cn2C)cc1C(=O)Nc1ccc(C(=N)N)cc1. The summed E-state index contributed by atoms with van der Waals surface area (Å²) in [6.45, 7) is 0. The van der Waals surface area contributed by atoms with Gasteiger partial charge in [-0.2, -0.15) is 0 Å². The maximum atomic E-state index is 12.9. The number of carbonyl (C=O) groups excluding carboxylic acids is 3. The largest absolute Gasteiger partial charge is 0.384 e. The van der Waals surface area contributed by atoms with E-state index in [1.807, 2.05) is 0 Å². The van der Waals surface area contributed by atoms with Crippen LogP contribution in [0.5, 0.6) is 0 Å². The van der Waals surface area contributed by atoms with E-state index in [2.05, 4.69) is 16.0 Å². The number of nitrogen functional groups attached to an aromatic ring is 1. The summed E-state index contributed by atoms with van der Waals surface area (Å²) >= 11 is 0. The van der Waals surface area contributed by atoms with E-state index in [-0.39, 0.29) is 41.0 Å². The lowest BCUT2D eigenvalue weighted by Crippen LogP contribution is -2.16. The summed E-state index contributed by atoms with van der Waals surface area (Å²) in [4.78, 5) is 48.7. The fraction of sp³-hybridized carbons (Fsp3) is 0.120. The second-order valence-corrected chi connectivity index (χ2v) is 8.75. The van der Waals surface area contributed by atoms with Crippen LogP contribution in [-0.2, 0) is 21.1 Å². The third-order valence-corrected chi connectivity index (χ3v) is 5.88. The highest BCUT2D eigenvalue weighted by Crippen LogP contribution is 2.21. The van der Waals surface area contributed by atoms with E-state index in [1.165, 1.54) is 40.7 Å². The van der Waals surface area contributed by atoms with Crippen LogP contribution in [0.4, 0.5) is 22.7 Å². The Morgan fingerprint density at radius 2 is 1.15 bits per heavy atom. The lowest BCUT2D eigenvalue weighted by atomic mass is 10.2. The topological polar surface area (TPSA) is 195 Å². The van der Waals surface area contributed by atoms with Gasteiger partial charge in [-0.3, -0.25) is 29.9 Å². The number of aryl methyl sites for hydroxylation is 3. The fourth-order valence-electron chi connectivity index (χ4n) is 3.91. The predicted molar refractivity (Wildman–Crippen MR) is 151 cm³/mol. The van der Waals surface area contributed by atoms with Gasteiger partial charge in [0.25, 0.3) is 23.4 Å². The van der Waals surface area contributed by atoms with E-state index in [0.717, 1.165) is 6.07 Å². The monoisotopic (exact) mass is 567 g/mol. The van der Waals surface area contributed by atoms with Crippen molar-refractivity contribution in [2.75, 3.05) is 16.0 Å². The number of nitrogens with two attached hydrogens (primary N) is 1. The van der Waals surface area contributed by atoms with Crippen LogP contribution in [-0.4, -0.2) is 42.2 Å². The Morgan fingerprint density at radius 1 is 0.750 bits per heavy atom. The van der Waals surface area contributed by atoms with Crippen molar-refractivity contribution in [3.8, 4) is 0 Å². The minimum atomic E-state index is -0.590. The Kier molecular flexibility index (Phi) is 8.44. The smallest absolute Gasteiger partial charge is 0.287 e. The number of amides is 3. The fourth-order valence-corrected chi connectivity index (χ4v) is 3.91. The average molecular weight is 568 g/mol. The van der Waals surface area contributed by atoms with Crippen LogP contribution in [0.25, 0.3) is 0 Å². The normalized spacial score (nSPS) is 10.4. The van der Waals surface area contributed by atoms with Crippen molar-refractivity contribution in [2.45, 2.75) is 0 Å². The first-order valence-electron chi connectivity index (χ1n) is 11.4. The first-order valence-corrected chi connectivity index (χ1v) is 11.4. The number of nitro groups is 1. The van der Waals surface area contributed by atoms with Crippen molar-refractivity contribution in [1.82, 2.24) is 13.7 Å². The number of nitrogens with one attached hydrogen (secondary N) is 4. The Bertz CT molecular complexity index is 1630. The van der Waals surface area contributed by atoms with Gasteiger partial charge in [0, 0.05) is 50.9 Å². The molecule has 3 aromatic heterocycles. The van der Waals surface area contributed by atoms with Gasteiger partial charge in [0.1, 0.15) is 22.9 Å². The van der Waals surface area contributed by atoms with Crippen molar-refractivity contribution in [3.63, 3.8) is 0 Å². The van der Waals surface area contributed by atoms with Crippen LogP contribution in [0.3, 0.4) is 0 Å². The second-order valence-electron chi connectivity index (χ2n) is 8.75. The zero-order valence-electron chi connectivity index (χ0n) is 21.6. The lowest BCUT2D eigenvalue weighted by molar-refractivity contribution is -0.384. The molecule has 40 heavy (non-hydrogen) atoms. The molecule has 4 rings (SSSR count). The van der Waals surface area contributed by atoms with Crippen LogP contribution in [0.15, 0.2) is 61.1 Å². The highest BCUT2D eigenvalue weighted by Gasteiger charge is 2.20. The van der Waals surface area contributed by atoms with Gasteiger partial charge in [-0.25, -0.2) is 0 Å². The van der Waals surface area contributed by atoms with E-state index in [1.54, 1.807) is 49.1 Å². The Hall–Kier alpha value is -5.37. The summed E-state index contributed by atoms with van der Waals surface area (Å²) in [5.74, 6) is -1.54. The summed E-state index contributed by atoms with van der Waals surface area (Å²) < 4.78 is 4.42. The molecule has 15 heteroatoms. The number of aromatic nitrogens is 3. The molecule has 0 fully saturated rings. The second kappa shape index (κ2) is 11.6. The summed E-state index contributed by atoms with van der Waals surface area (Å²) in [5, 5.41) is 26.5. The van der Waals surface area contributed by atoms with Gasteiger partial charge >= 0.3 is 0 Å². The van der Waals surface area contributed by atoms with E-state index in [9.17, 15) is 24.5 Å². The van der Waals surface area contributed by atoms with Crippen LogP contribution in [0, 0.1) is 15.5 Å². The maximum absolute atomic E-state index is 12.9. The third-order valence-electron chi connectivity index (χ3n) is 5.88. The van der Waals surface area contributed by atoms with Crippen molar-refractivity contribution in [3.05, 3.63) is 93.8 Å². The standard InChI is InChI=1S/C25H25N9O5.ClH/c1-31-11-16(8-19(31)23(35)28-15-6-4-14(5-7-15)22(26)27)29-24(36)20-9-17(12-32(20)2)30-25(37)21-10-18(34(38)39)13-33(21)3;/h4-13H,1-3H3,(H3,26,27)(H,28,35)(H,29,36)(H,30,37);1H. The Balaban J connectivity index is 0.00000441. The quantitative estimate of drug-likeness (QED) is 0.0938. The molecule has 6 N–H and O–H groups in total. The number of hydrogen-bond acceptors (Lipinski definition) is 6. The van der Waals surface area contributed by atoms with Gasteiger partial charge in [-0.1, -0.05) is 0 Å². The molecule has 0 aliphatic rings. The molecule has 0 unspecified atom stereocenters. The zero-order chi connectivity index (χ0) is 28.4. The lowest BCUT2D eigenvalue weighted by Gasteiger charge is -2.06. The van der Waals surface area contributed by atoms with E-state index in [0.29, 0.717) is 22.6 Å². The number of benzene rings is 1. The molecule has 3 amide bonds. The molecule has 0 spiro atoms. The van der Waals surface area contributed by atoms with Crippen molar-refractivity contribution in [2.24, 2.45) is 26.9 Å². The number of amidine groups is 1. The van der Waals surface area contributed by atoms with Gasteiger partial charge in [-0.15, -0.1) is 12.4 Å². The highest BCUT2D eigenvalue weighted by molar-refractivity contribution is 6.08. The summed E-state index contributed by atoms with van der Waals surface area (Å²) in [5.41, 5.74) is 7.58. The highest BCUT2D eigenvalue weighted by atomic mass is 35.5. The van der Waals surface area contributed by atoms with Gasteiger partial charge in [0.2, 0.25) is 0 Å². The number of halogens is 1. The molecule has 0 aliphatic carbocycles. The van der Waals surface area contributed by atoms with Crippen LogP contribution in [0.1, 0.15) is 37.0 Å². The van der Waals surface area contributed by atoms with E-state index in [4.69, 9.17) is 11.1 Å². The molecule has 3 heterocycles. The molecule has 0 saturated carbocycles. The molecule has 1 aromatic carbocycles. The average Bonchev–Trinajstić information content (AvgIpc) is 3.55. The van der Waals surface area contributed by atoms with Gasteiger partial charge < -0.3 is 35.4 Å². The molecule has 4 aromatic rings. The first kappa shape index (κ1) is 29.2. The third kappa shape index (κ3) is 6.19. The van der Waals surface area contributed by atoms with Gasteiger partial charge in [0.15, 0.2) is 0 Å². The maximum Gasteiger partial charge on any atom is 0.287 e. The van der Waals surface area contributed by atoms with Gasteiger partial charge in [-0.05, 0) is 36.4 Å². The van der Waals surface area contributed by atoms with Crippen LogP contribution >= 0.6 is 12.4 Å². The number of anilines is 3. The summed E-state index contributed by atoms with van der Waals surface area (Å²) in [6, 6.07) is 10.6. The minimum Gasteiger partial charge on any atom is -0.384 e. The number of rotatable bonds is 8. The Labute approximate surface area is 233 Å². The minimum absolute atomic E-state index is 0. The van der Waals surface area contributed by atoms with Crippen molar-refractivity contribution >= 4 is 58.7 Å². The van der Waals surface area contributed by atoms with Crippen molar-refractivity contribution in [1.29, 1.82) is 5.41 Å². The molecule has 0 radical (unpaired) electrons. The van der Waals surface area contributed by atoms with Gasteiger partial charge in [0.05, 0.1) is 22.5 Å². The molecule has 0 saturated heterocycles. The molecule has 0 atom stereocenters. The number of carbonyl (C=O) groups is 3. The van der Waals surface area contributed by atoms with E-state index >= 15 is 0 Å². The number of nitrogens with zero attached hydrogens (tertiary/aromatic N) is 4. The molecular weight excluding hydrogens is 542 g/mol.